The summed E-state index contributed by atoms with van der Waals surface area (Å²) in [6.07, 6.45) is 11.0. The van der Waals surface area contributed by atoms with Crippen molar-refractivity contribution in [2.45, 2.75) is 12.8 Å². The predicted molar refractivity (Wildman–Crippen MR) is 46.5 cm³/mol. The van der Waals surface area contributed by atoms with E-state index in [1.54, 1.807) is 6.08 Å². The van der Waals surface area contributed by atoms with E-state index in [1.807, 2.05) is 0 Å². The van der Waals surface area contributed by atoms with E-state index in [9.17, 15) is 4.79 Å². The van der Waals surface area contributed by atoms with Gasteiger partial charge in [0.2, 0.25) is 0 Å². The number of hydrogen-bond donors (Lipinski definition) is 0. The molecule has 0 N–H and O–H groups in total. The zero-order chi connectivity index (χ0) is 8.13. The molecule has 2 bridgehead atoms. The summed E-state index contributed by atoms with van der Waals surface area (Å²) >= 11 is 0. The van der Waals surface area contributed by atoms with Crippen LogP contribution in [0.1, 0.15) is 12.8 Å². The Morgan fingerprint density at radius 3 is 2.50 bits per heavy atom. The fourth-order valence-corrected chi connectivity index (χ4v) is 3.01. The van der Waals surface area contributed by atoms with E-state index in [0.717, 1.165) is 0 Å². The van der Waals surface area contributed by atoms with E-state index in [-0.39, 0.29) is 0 Å². The Morgan fingerprint density at radius 1 is 1.08 bits per heavy atom. The molecule has 1 nitrogen and oxygen atoms in total. The molecule has 0 aromatic carbocycles. The third-order valence-electron chi connectivity index (χ3n) is 3.62. The normalized spacial score (nSPS) is 48.5. The number of ketones is 1. The van der Waals surface area contributed by atoms with Gasteiger partial charge in [0.05, 0.1) is 0 Å². The van der Waals surface area contributed by atoms with Gasteiger partial charge < -0.3 is 0 Å². The Bertz CT molecular complexity index is 287. The molecular weight excluding hydrogens is 148 g/mol. The minimum Gasteiger partial charge on any atom is -0.295 e. The molecule has 0 aliphatic heterocycles. The lowest BCUT2D eigenvalue weighted by atomic mass is 9.63. The molecular formula is C11H12O. The number of allylic oxidation sites excluding steroid dienone is 4. The first-order valence-corrected chi connectivity index (χ1v) is 4.76. The zero-order valence-electron chi connectivity index (χ0n) is 6.94. The molecule has 0 saturated heterocycles. The quantitative estimate of drug-likeness (QED) is 0.495. The topological polar surface area (TPSA) is 17.1 Å². The number of hydrogen-bond acceptors (Lipinski definition) is 1. The van der Waals surface area contributed by atoms with Crippen LogP contribution in [0.15, 0.2) is 24.3 Å². The van der Waals surface area contributed by atoms with Crippen LogP contribution in [0.25, 0.3) is 0 Å². The molecule has 0 aromatic rings. The SMILES string of the molecule is O=C1C=CC2C3C=CC(CC3)C12. The maximum absolute atomic E-state index is 11.5. The molecule has 12 heavy (non-hydrogen) atoms. The van der Waals surface area contributed by atoms with Gasteiger partial charge in [0, 0.05) is 5.92 Å². The second kappa shape index (κ2) is 2.09. The van der Waals surface area contributed by atoms with Crippen LogP contribution in [-0.2, 0) is 4.79 Å². The summed E-state index contributed by atoms with van der Waals surface area (Å²) in [5.74, 6) is 2.49. The average Bonchev–Trinajstić information content (AvgIpc) is 2.53. The van der Waals surface area contributed by atoms with Gasteiger partial charge in [-0.25, -0.2) is 0 Å². The summed E-state index contributed by atoms with van der Waals surface area (Å²) in [4.78, 5) is 11.5. The highest BCUT2D eigenvalue weighted by Gasteiger charge is 2.44. The van der Waals surface area contributed by atoms with Gasteiger partial charge in [-0.15, -0.1) is 0 Å². The number of rotatable bonds is 0. The summed E-state index contributed by atoms with van der Waals surface area (Å²) < 4.78 is 0. The molecule has 4 aliphatic carbocycles. The van der Waals surface area contributed by atoms with Crippen LogP contribution in [0.4, 0.5) is 0 Å². The molecule has 4 aliphatic rings. The van der Waals surface area contributed by atoms with Gasteiger partial charge in [-0.3, -0.25) is 4.79 Å². The van der Waals surface area contributed by atoms with Crippen LogP contribution in [-0.4, -0.2) is 5.78 Å². The molecule has 0 heterocycles. The first-order chi connectivity index (χ1) is 5.86. The van der Waals surface area contributed by atoms with Gasteiger partial charge in [-0.1, -0.05) is 18.2 Å². The minimum absolute atomic E-state index is 0.328. The van der Waals surface area contributed by atoms with E-state index in [1.165, 1.54) is 12.8 Å². The molecule has 62 valence electrons. The summed E-state index contributed by atoms with van der Waals surface area (Å²) in [7, 11) is 0. The second-order valence-corrected chi connectivity index (χ2v) is 4.15. The van der Waals surface area contributed by atoms with Crippen molar-refractivity contribution in [1.82, 2.24) is 0 Å². The van der Waals surface area contributed by atoms with E-state index in [4.69, 9.17) is 0 Å². The van der Waals surface area contributed by atoms with Gasteiger partial charge in [0.25, 0.3) is 0 Å². The summed E-state index contributed by atoms with van der Waals surface area (Å²) in [6, 6.07) is 0. The van der Waals surface area contributed by atoms with E-state index < -0.39 is 0 Å². The van der Waals surface area contributed by atoms with Crippen molar-refractivity contribution in [1.29, 1.82) is 0 Å². The van der Waals surface area contributed by atoms with Crippen molar-refractivity contribution in [3.05, 3.63) is 24.3 Å². The van der Waals surface area contributed by atoms with Crippen LogP contribution < -0.4 is 0 Å². The van der Waals surface area contributed by atoms with E-state index in [0.29, 0.717) is 29.5 Å². The molecule has 0 radical (unpaired) electrons. The van der Waals surface area contributed by atoms with E-state index in [2.05, 4.69) is 18.2 Å². The van der Waals surface area contributed by atoms with Crippen LogP contribution in [0.3, 0.4) is 0 Å². The van der Waals surface area contributed by atoms with Gasteiger partial charge in [-0.2, -0.15) is 0 Å². The lowest BCUT2D eigenvalue weighted by Crippen LogP contribution is -2.36. The largest absolute Gasteiger partial charge is 0.295 e. The van der Waals surface area contributed by atoms with Crippen molar-refractivity contribution in [2.24, 2.45) is 23.7 Å². The Hall–Kier alpha value is -0.850. The van der Waals surface area contributed by atoms with Crippen molar-refractivity contribution in [3.63, 3.8) is 0 Å². The second-order valence-electron chi connectivity index (χ2n) is 4.15. The molecule has 4 rings (SSSR count). The number of fused-ring (bicyclic) bond motifs is 1. The predicted octanol–water partition coefficient (Wildman–Crippen LogP) is 1.95. The molecule has 4 atom stereocenters. The van der Waals surface area contributed by atoms with Gasteiger partial charge >= 0.3 is 0 Å². The highest BCUT2D eigenvalue weighted by Crippen LogP contribution is 2.48. The van der Waals surface area contributed by atoms with Crippen molar-refractivity contribution in [3.8, 4) is 0 Å². The maximum atomic E-state index is 11.5. The monoisotopic (exact) mass is 160 g/mol. The number of carbonyl (C=O) groups is 1. The van der Waals surface area contributed by atoms with Gasteiger partial charge in [-0.05, 0) is 36.7 Å². The Morgan fingerprint density at radius 2 is 1.83 bits per heavy atom. The first kappa shape index (κ1) is 6.64. The van der Waals surface area contributed by atoms with Gasteiger partial charge in [0.1, 0.15) is 0 Å². The van der Waals surface area contributed by atoms with E-state index >= 15 is 0 Å². The lowest BCUT2D eigenvalue weighted by molar-refractivity contribution is -0.121. The fourth-order valence-electron chi connectivity index (χ4n) is 3.01. The minimum atomic E-state index is 0.328. The van der Waals surface area contributed by atoms with Crippen molar-refractivity contribution < 1.29 is 4.79 Å². The standard InChI is InChI=1S/C11H12O/c12-10-6-5-9-7-1-3-8(4-2-7)11(9)10/h1,3,5-9,11H,2,4H2. The van der Waals surface area contributed by atoms with Crippen molar-refractivity contribution in [2.75, 3.05) is 0 Å². The third-order valence-corrected chi connectivity index (χ3v) is 3.62. The highest BCUT2D eigenvalue weighted by atomic mass is 16.1. The Kier molecular flexibility index (Phi) is 1.16. The van der Waals surface area contributed by atoms with Crippen LogP contribution in [0.2, 0.25) is 0 Å². The Labute approximate surface area is 72.2 Å². The smallest absolute Gasteiger partial charge is 0.159 e. The molecule has 0 amide bonds. The summed E-state index contributed by atoms with van der Waals surface area (Å²) in [5.41, 5.74) is 0. The van der Waals surface area contributed by atoms with Crippen molar-refractivity contribution >= 4 is 5.78 Å². The van der Waals surface area contributed by atoms with Crippen LogP contribution in [0.5, 0.6) is 0 Å². The zero-order valence-corrected chi connectivity index (χ0v) is 6.94. The molecule has 1 fully saturated rings. The van der Waals surface area contributed by atoms with Gasteiger partial charge in [0.15, 0.2) is 5.78 Å². The molecule has 4 unspecified atom stereocenters. The average molecular weight is 160 g/mol. The lowest BCUT2D eigenvalue weighted by Gasteiger charge is -2.40. The molecule has 1 heteroatoms. The molecule has 1 saturated carbocycles. The van der Waals surface area contributed by atoms with Crippen LogP contribution >= 0.6 is 0 Å². The van der Waals surface area contributed by atoms with Crippen LogP contribution in [0, 0.1) is 23.7 Å². The maximum Gasteiger partial charge on any atom is 0.159 e. The summed E-state index contributed by atoms with van der Waals surface area (Å²) in [6.45, 7) is 0. The third kappa shape index (κ3) is 0.669. The Balaban J connectivity index is 2.05. The molecule has 0 spiro atoms. The first-order valence-electron chi connectivity index (χ1n) is 4.76. The summed E-state index contributed by atoms with van der Waals surface area (Å²) in [5, 5.41) is 0. The fraction of sp³-hybridized carbons (Fsp3) is 0.545. The highest BCUT2D eigenvalue weighted by molar-refractivity contribution is 5.95. The molecule has 0 aromatic heterocycles. The number of carbonyl (C=O) groups excluding carboxylic acids is 1.